The maximum Gasteiger partial charge on any atom is 0.266 e. The number of amides is 2. The molecule has 3 N–H and O–H groups in total. The Labute approximate surface area is 139 Å². The summed E-state index contributed by atoms with van der Waals surface area (Å²) in [4.78, 5) is 29.6. The van der Waals surface area contributed by atoms with Crippen molar-refractivity contribution in [2.45, 2.75) is 6.42 Å². The molecule has 0 radical (unpaired) electrons. The number of aromatic nitrogens is 1. The number of carbonyl (C=O) groups excluding carboxylic acids is 2. The number of rotatable bonds is 5. The van der Waals surface area contributed by atoms with E-state index in [4.69, 9.17) is 10.5 Å². The Balaban J connectivity index is 1.60. The van der Waals surface area contributed by atoms with E-state index < -0.39 is 0 Å². The number of benzene rings is 1. The van der Waals surface area contributed by atoms with Crippen molar-refractivity contribution in [2.24, 2.45) is 0 Å². The van der Waals surface area contributed by atoms with Crippen LogP contribution in [-0.2, 0) is 16.0 Å². The molecule has 3 rings (SSSR count). The van der Waals surface area contributed by atoms with Gasteiger partial charge in [-0.1, -0.05) is 30.3 Å². The molecule has 0 bridgehead atoms. The molecule has 0 atom stereocenters. The Morgan fingerprint density at radius 1 is 1.25 bits per heavy atom. The SMILES string of the molecule is Nc1ccc2c(n1)N(CC(=O)NCCc1ccccc1)C(=O)CO2. The summed E-state index contributed by atoms with van der Waals surface area (Å²) in [6.07, 6.45) is 0.728. The minimum atomic E-state index is -0.321. The van der Waals surface area contributed by atoms with Gasteiger partial charge in [-0.2, -0.15) is 0 Å². The van der Waals surface area contributed by atoms with Crippen LogP contribution in [-0.4, -0.2) is 36.5 Å². The van der Waals surface area contributed by atoms with Crippen LogP contribution in [0.3, 0.4) is 0 Å². The average molecular weight is 326 g/mol. The van der Waals surface area contributed by atoms with Crippen molar-refractivity contribution in [1.29, 1.82) is 0 Å². The van der Waals surface area contributed by atoms with Gasteiger partial charge in [0.15, 0.2) is 18.2 Å². The third-order valence-electron chi connectivity index (χ3n) is 3.65. The maximum atomic E-state index is 12.1. The van der Waals surface area contributed by atoms with E-state index in [0.29, 0.717) is 12.3 Å². The van der Waals surface area contributed by atoms with Crippen molar-refractivity contribution < 1.29 is 14.3 Å². The van der Waals surface area contributed by atoms with Crippen LogP contribution >= 0.6 is 0 Å². The van der Waals surface area contributed by atoms with E-state index in [0.717, 1.165) is 12.0 Å². The molecule has 0 fully saturated rings. The van der Waals surface area contributed by atoms with Gasteiger partial charge < -0.3 is 15.8 Å². The molecule has 7 heteroatoms. The Morgan fingerprint density at radius 3 is 2.83 bits per heavy atom. The van der Waals surface area contributed by atoms with Crippen LogP contribution < -0.4 is 20.7 Å². The summed E-state index contributed by atoms with van der Waals surface area (Å²) in [5, 5.41) is 2.81. The molecule has 0 aliphatic carbocycles. The van der Waals surface area contributed by atoms with Crippen molar-refractivity contribution in [3.8, 4) is 5.75 Å². The molecule has 7 nitrogen and oxygen atoms in total. The molecule has 2 heterocycles. The predicted molar refractivity (Wildman–Crippen MR) is 89.7 cm³/mol. The van der Waals surface area contributed by atoms with Crippen molar-refractivity contribution in [3.05, 3.63) is 48.0 Å². The maximum absolute atomic E-state index is 12.1. The molecule has 1 aliphatic heterocycles. The number of hydrogen-bond donors (Lipinski definition) is 2. The van der Waals surface area contributed by atoms with Crippen molar-refractivity contribution in [2.75, 3.05) is 30.3 Å². The quantitative estimate of drug-likeness (QED) is 0.845. The third kappa shape index (κ3) is 3.62. The Hall–Kier alpha value is -3.09. The zero-order valence-electron chi connectivity index (χ0n) is 13.1. The molecule has 2 aromatic rings. The van der Waals surface area contributed by atoms with Gasteiger partial charge in [-0.25, -0.2) is 4.98 Å². The zero-order valence-corrected chi connectivity index (χ0v) is 13.1. The topological polar surface area (TPSA) is 97.5 Å². The molecule has 1 aromatic carbocycles. The highest BCUT2D eigenvalue weighted by molar-refractivity contribution is 6.01. The first kappa shape index (κ1) is 15.8. The summed E-state index contributed by atoms with van der Waals surface area (Å²) in [6, 6.07) is 13.1. The van der Waals surface area contributed by atoms with Crippen LogP contribution in [0.1, 0.15) is 5.56 Å². The second-order valence-electron chi connectivity index (χ2n) is 5.41. The molecule has 1 aromatic heterocycles. The van der Waals surface area contributed by atoms with E-state index in [9.17, 15) is 9.59 Å². The van der Waals surface area contributed by atoms with Crippen LogP contribution in [0, 0.1) is 0 Å². The van der Waals surface area contributed by atoms with Crippen molar-refractivity contribution >= 4 is 23.5 Å². The lowest BCUT2D eigenvalue weighted by Crippen LogP contribution is -2.46. The monoisotopic (exact) mass is 326 g/mol. The minimum Gasteiger partial charge on any atom is -0.480 e. The largest absolute Gasteiger partial charge is 0.480 e. The molecule has 0 saturated heterocycles. The van der Waals surface area contributed by atoms with E-state index in [1.807, 2.05) is 30.3 Å². The first-order valence-corrected chi connectivity index (χ1v) is 7.64. The zero-order chi connectivity index (χ0) is 16.9. The molecular weight excluding hydrogens is 308 g/mol. The van der Waals surface area contributed by atoms with E-state index in [1.165, 1.54) is 4.90 Å². The number of fused-ring (bicyclic) bond motifs is 1. The molecular formula is C17H18N4O3. The number of nitrogens with zero attached hydrogens (tertiary/aromatic N) is 2. The first-order chi connectivity index (χ1) is 11.6. The summed E-state index contributed by atoms with van der Waals surface area (Å²) in [7, 11) is 0. The van der Waals surface area contributed by atoms with Gasteiger partial charge in [-0.15, -0.1) is 0 Å². The molecule has 2 amide bonds. The number of nitrogens with one attached hydrogen (secondary N) is 1. The molecule has 124 valence electrons. The fraction of sp³-hybridized carbons (Fsp3) is 0.235. The van der Waals surface area contributed by atoms with Gasteiger partial charge in [0.2, 0.25) is 5.91 Å². The fourth-order valence-corrected chi connectivity index (χ4v) is 2.45. The van der Waals surface area contributed by atoms with Crippen LogP contribution in [0.4, 0.5) is 11.6 Å². The van der Waals surface area contributed by atoms with E-state index in [-0.39, 0.29) is 36.6 Å². The molecule has 24 heavy (non-hydrogen) atoms. The predicted octanol–water partition coefficient (Wildman–Crippen LogP) is 0.748. The normalized spacial score (nSPS) is 13.2. The van der Waals surface area contributed by atoms with Crippen LogP contribution in [0.15, 0.2) is 42.5 Å². The number of hydrogen-bond acceptors (Lipinski definition) is 5. The first-order valence-electron chi connectivity index (χ1n) is 7.64. The van der Waals surface area contributed by atoms with E-state index in [2.05, 4.69) is 10.3 Å². The lowest BCUT2D eigenvalue weighted by Gasteiger charge is -2.27. The number of pyridine rings is 1. The summed E-state index contributed by atoms with van der Waals surface area (Å²) in [5.41, 5.74) is 6.80. The van der Waals surface area contributed by atoms with Gasteiger partial charge in [0, 0.05) is 6.54 Å². The highest BCUT2D eigenvalue weighted by Crippen LogP contribution is 2.30. The molecule has 0 saturated carbocycles. The fourth-order valence-electron chi connectivity index (χ4n) is 2.45. The van der Waals surface area contributed by atoms with Gasteiger partial charge in [-0.05, 0) is 24.1 Å². The van der Waals surface area contributed by atoms with E-state index >= 15 is 0 Å². The summed E-state index contributed by atoms with van der Waals surface area (Å²) in [5.74, 6) is 0.419. The number of ether oxygens (including phenoxy) is 1. The second-order valence-corrected chi connectivity index (χ2v) is 5.41. The Morgan fingerprint density at radius 2 is 2.04 bits per heavy atom. The average Bonchev–Trinajstić information content (AvgIpc) is 2.58. The second kappa shape index (κ2) is 6.99. The number of nitrogen functional groups attached to an aromatic ring is 1. The van der Waals surface area contributed by atoms with E-state index in [1.54, 1.807) is 12.1 Å². The van der Waals surface area contributed by atoms with Crippen LogP contribution in [0.5, 0.6) is 5.75 Å². The third-order valence-corrected chi connectivity index (χ3v) is 3.65. The minimum absolute atomic E-state index is 0.111. The molecule has 0 spiro atoms. The molecule has 0 unspecified atom stereocenters. The smallest absolute Gasteiger partial charge is 0.266 e. The summed E-state index contributed by atoms with van der Waals surface area (Å²) < 4.78 is 5.30. The Kier molecular flexibility index (Phi) is 4.60. The lowest BCUT2D eigenvalue weighted by atomic mass is 10.1. The van der Waals surface area contributed by atoms with Crippen LogP contribution in [0.2, 0.25) is 0 Å². The standard InChI is InChI=1S/C17H18N4O3/c18-14-7-6-13-17(20-14)21(16(23)11-24-13)10-15(22)19-9-8-12-4-2-1-3-5-12/h1-7H,8-11H2,(H2,18,20)(H,19,22). The highest BCUT2D eigenvalue weighted by Gasteiger charge is 2.28. The molecule has 1 aliphatic rings. The highest BCUT2D eigenvalue weighted by atomic mass is 16.5. The van der Waals surface area contributed by atoms with Crippen LogP contribution in [0.25, 0.3) is 0 Å². The van der Waals surface area contributed by atoms with Gasteiger partial charge in [0.25, 0.3) is 5.91 Å². The lowest BCUT2D eigenvalue weighted by molar-refractivity contribution is -0.125. The number of nitrogens with two attached hydrogens (primary N) is 1. The van der Waals surface area contributed by atoms with Crippen molar-refractivity contribution in [1.82, 2.24) is 10.3 Å². The van der Waals surface area contributed by atoms with Gasteiger partial charge >= 0.3 is 0 Å². The van der Waals surface area contributed by atoms with Crippen molar-refractivity contribution in [3.63, 3.8) is 0 Å². The summed E-state index contributed by atoms with van der Waals surface area (Å²) >= 11 is 0. The van der Waals surface area contributed by atoms with Gasteiger partial charge in [0.1, 0.15) is 12.4 Å². The number of anilines is 2. The Bertz CT molecular complexity index is 749. The van der Waals surface area contributed by atoms with Gasteiger partial charge in [-0.3, -0.25) is 14.5 Å². The summed E-state index contributed by atoms with van der Waals surface area (Å²) in [6.45, 7) is 0.273. The van der Waals surface area contributed by atoms with Gasteiger partial charge in [0.05, 0.1) is 0 Å². The number of carbonyl (C=O) groups is 2.